The molecule has 0 aliphatic carbocycles. The molecule has 2 rings (SSSR count). The van der Waals surface area contributed by atoms with Crippen LogP contribution in [-0.4, -0.2) is 9.91 Å². The first-order valence-electron chi connectivity index (χ1n) is 5.43. The molecule has 9 heteroatoms. The molecule has 0 saturated carbocycles. The summed E-state index contributed by atoms with van der Waals surface area (Å²) in [6.45, 7) is 0. The van der Waals surface area contributed by atoms with Crippen molar-refractivity contribution >= 4 is 5.69 Å². The molecule has 0 fully saturated rings. The van der Waals surface area contributed by atoms with Gasteiger partial charge in [0, 0.05) is 12.1 Å². The Morgan fingerprint density at radius 2 is 1.90 bits per heavy atom. The highest BCUT2D eigenvalue weighted by Gasteiger charge is 2.33. The molecule has 0 radical (unpaired) electrons. The largest absolute Gasteiger partial charge is 0.432 e. The number of hydrogen-bond donors (Lipinski definition) is 0. The van der Waals surface area contributed by atoms with Crippen LogP contribution in [0.15, 0.2) is 36.4 Å². The van der Waals surface area contributed by atoms with Crippen molar-refractivity contribution in [2.24, 2.45) is 0 Å². The Morgan fingerprint density at radius 3 is 2.48 bits per heavy atom. The summed E-state index contributed by atoms with van der Waals surface area (Å²) in [6.07, 6.45) is -4.72. The Labute approximate surface area is 115 Å². The molecule has 0 aliphatic rings. The van der Waals surface area contributed by atoms with E-state index in [1.807, 2.05) is 0 Å². The molecule has 0 atom stereocenters. The summed E-state index contributed by atoms with van der Waals surface area (Å²) in [4.78, 5) is 13.1. The molecular weight excluding hydrogens is 296 g/mol. The molecule has 0 bridgehead atoms. The number of nitrogens with zero attached hydrogens (tertiary/aromatic N) is 2. The molecule has 0 unspecified atom stereocenters. The molecule has 0 N–H and O–H groups in total. The van der Waals surface area contributed by atoms with E-state index in [4.69, 9.17) is 4.74 Å². The van der Waals surface area contributed by atoms with Crippen molar-refractivity contribution in [3.8, 4) is 11.6 Å². The van der Waals surface area contributed by atoms with E-state index in [0.29, 0.717) is 12.1 Å². The number of pyridine rings is 1. The Hall–Kier alpha value is -2.71. The van der Waals surface area contributed by atoms with Gasteiger partial charge in [0.25, 0.3) is 0 Å². The van der Waals surface area contributed by atoms with Crippen molar-refractivity contribution in [3.05, 3.63) is 58.0 Å². The smallest absolute Gasteiger partial charge is 0.416 e. The van der Waals surface area contributed by atoms with Crippen LogP contribution >= 0.6 is 0 Å². The van der Waals surface area contributed by atoms with Gasteiger partial charge in [0.05, 0.1) is 10.5 Å². The van der Waals surface area contributed by atoms with E-state index < -0.39 is 34.0 Å². The lowest BCUT2D eigenvalue weighted by atomic mass is 10.2. The highest BCUT2D eigenvalue weighted by Crippen LogP contribution is 2.37. The Morgan fingerprint density at radius 1 is 1.19 bits per heavy atom. The van der Waals surface area contributed by atoms with Crippen LogP contribution in [0.5, 0.6) is 11.6 Å². The standard InChI is InChI=1S/C12H6F4N2O3/c13-10-2-1-3-11(17-10)21-9-5-4-7(12(14,15)16)6-8(9)18(19)20/h1-6H. The number of benzene rings is 1. The van der Waals surface area contributed by atoms with Gasteiger partial charge < -0.3 is 4.74 Å². The number of nitro benzene ring substituents is 1. The summed E-state index contributed by atoms with van der Waals surface area (Å²) in [6, 6.07) is 5.23. The predicted octanol–water partition coefficient (Wildman–Crippen LogP) is 3.94. The molecule has 1 aromatic carbocycles. The number of nitro groups is 1. The van der Waals surface area contributed by atoms with Crippen molar-refractivity contribution in [2.75, 3.05) is 0 Å². The van der Waals surface area contributed by atoms with E-state index in [1.165, 1.54) is 12.1 Å². The third-order valence-electron chi connectivity index (χ3n) is 2.39. The van der Waals surface area contributed by atoms with Gasteiger partial charge in [-0.2, -0.15) is 22.5 Å². The number of hydrogen-bond acceptors (Lipinski definition) is 4. The molecule has 110 valence electrons. The normalized spacial score (nSPS) is 11.2. The minimum Gasteiger partial charge on any atom is -0.432 e. The van der Waals surface area contributed by atoms with Crippen LogP contribution in [0.25, 0.3) is 0 Å². The van der Waals surface area contributed by atoms with E-state index in [1.54, 1.807) is 0 Å². The maximum absolute atomic E-state index is 12.9. The monoisotopic (exact) mass is 302 g/mol. The molecule has 1 heterocycles. The van der Waals surface area contributed by atoms with Crippen LogP contribution < -0.4 is 4.74 Å². The fraction of sp³-hybridized carbons (Fsp3) is 0.0833. The molecule has 1 aromatic heterocycles. The van der Waals surface area contributed by atoms with Gasteiger partial charge >= 0.3 is 11.9 Å². The summed E-state index contributed by atoms with van der Waals surface area (Å²) in [5.74, 6) is -1.66. The second kappa shape index (κ2) is 5.35. The quantitative estimate of drug-likeness (QED) is 0.373. The molecular formula is C12H6F4N2O3. The first-order chi connectivity index (χ1) is 9.77. The molecule has 0 amide bonds. The second-order valence-electron chi connectivity index (χ2n) is 3.84. The van der Waals surface area contributed by atoms with E-state index in [-0.39, 0.29) is 5.88 Å². The summed E-state index contributed by atoms with van der Waals surface area (Å²) in [5, 5.41) is 10.8. The van der Waals surface area contributed by atoms with Gasteiger partial charge in [-0.3, -0.25) is 10.1 Å². The highest BCUT2D eigenvalue weighted by atomic mass is 19.4. The van der Waals surface area contributed by atoms with Crippen LogP contribution in [0.1, 0.15) is 5.56 Å². The first-order valence-corrected chi connectivity index (χ1v) is 5.43. The predicted molar refractivity (Wildman–Crippen MR) is 62.4 cm³/mol. The van der Waals surface area contributed by atoms with Crippen LogP contribution in [0.2, 0.25) is 0 Å². The number of alkyl halides is 3. The van der Waals surface area contributed by atoms with Gasteiger partial charge in [-0.15, -0.1) is 0 Å². The Balaban J connectivity index is 2.42. The van der Waals surface area contributed by atoms with Gasteiger partial charge in [0.2, 0.25) is 17.6 Å². The van der Waals surface area contributed by atoms with Crippen molar-refractivity contribution < 1.29 is 27.2 Å². The third kappa shape index (κ3) is 3.44. The van der Waals surface area contributed by atoms with E-state index in [9.17, 15) is 27.7 Å². The fourth-order valence-corrected chi connectivity index (χ4v) is 1.48. The number of rotatable bonds is 3. The molecule has 21 heavy (non-hydrogen) atoms. The van der Waals surface area contributed by atoms with E-state index in [2.05, 4.69) is 4.98 Å². The summed E-state index contributed by atoms with van der Waals surface area (Å²) < 4.78 is 55.4. The Kier molecular flexibility index (Phi) is 3.74. The lowest BCUT2D eigenvalue weighted by molar-refractivity contribution is -0.385. The fourth-order valence-electron chi connectivity index (χ4n) is 1.48. The lowest BCUT2D eigenvalue weighted by Crippen LogP contribution is -2.06. The Bertz CT molecular complexity index is 688. The summed E-state index contributed by atoms with van der Waals surface area (Å²) in [7, 11) is 0. The minimum atomic E-state index is -4.72. The molecule has 0 saturated heterocycles. The van der Waals surface area contributed by atoms with Crippen LogP contribution in [0.3, 0.4) is 0 Å². The third-order valence-corrected chi connectivity index (χ3v) is 2.39. The number of halogens is 4. The minimum absolute atomic E-state index is 0.308. The summed E-state index contributed by atoms with van der Waals surface area (Å²) in [5.41, 5.74) is -2.08. The average molecular weight is 302 g/mol. The van der Waals surface area contributed by atoms with Gasteiger partial charge in [0.15, 0.2) is 0 Å². The van der Waals surface area contributed by atoms with Crippen molar-refractivity contribution in [3.63, 3.8) is 0 Å². The van der Waals surface area contributed by atoms with Gasteiger partial charge in [-0.05, 0) is 18.2 Å². The lowest BCUT2D eigenvalue weighted by Gasteiger charge is -2.09. The van der Waals surface area contributed by atoms with Crippen molar-refractivity contribution in [1.29, 1.82) is 0 Å². The van der Waals surface area contributed by atoms with Crippen LogP contribution in [0, 0.1) is 16.1 Å². The van der Waals surface area contributed by atoms with Crippen LogP contribution in [-0.2, 0) is 6.18 Å². The number of ether oxygens (including phenoxy) is 1. The van der Waals surface area contributed by atoms with Crippen LogP contribution in [0.4, 0.5) is 23.2 Å². The van der Waals surface area contributed by atoms with Gasteiger partial charge in [0.1, 0.15) is 0 Å². The molecule has 0 spiro atoms. The summed E-state index contributed by atoms with van der Waals surface area (Å²) >= 11 is 0. The van der Waals surface area contributed by atoms with Gasteiger partial charge in [-0.1, -0.05) is 6.07 Å². The van der Waals surface area contributed by atoms with Crippen molar-refractivity contribution in [1.82, 2.24) is 4.98 Å². The van der Waals surface area contributed by atoms with E-state index in [0.717, 1.165) is 12.1 Å². The van der Waals surface area contributed by atoms with Crippen molar-refractivity contribution in [2.45, 2.75) is 6.18 Å². The zero-order valence-electron chi connectivity index (χ0n) is 10.1. The maximum Gasteiger partial charge on any atom is 0.416 e. The zero-order valence-corrected chi connectivity index (χ0v) is 10.1. The SMILES string of the molecule is O=[N+]([O-])c1cc(C(F)(F)F)ccc1Oc1cccc(F)n1. The average Bonchev–Trinajstić information content (AvgIpc) is 2.37. The first kappa shape index (κ1) is 14.7. The maximum atomic E-state index is 12.9. The number of aromatic nitrogens is 1. The van der Waals surface area contributed by atoms with E-state index >= 15 is 0 Å². The molecule has 2 aromatic rings. The highest BCUT2D eigenvalue weighted by molar-refractivity contribution is 5.50. The molecule has 5 nitrogen and oxygen atoms in total. The zero-order chi connectivity index (χ0) is 15.6. The van der Waals surface area contributed by atoms with Gasteiger partial charge in [-0.25, -0.2) is 0 Å². The second-order valence-corrected chi connectivity index (χ2v) is 3.84. The molecule has 0 aliphatic heterocycles. The topological polar surface area (TPSA) is 65.3 Å².